The minimum Gasteiger partial charge on any atom is -0.465 e. The number of anilines is 2. The van der Waals surface area contributed by atoms with Crippen molar-refractivity contribution in [3.63, 3.8) is 0 Å². The first-order valence-electron chi connectivity index (χ1n) is 12.0. The fraction of sp³-hybridized carbons (Fsp3) is 0.385. The summed E-state index contributed by atoms with van der Waals surface area (Å²) >= 11 is 1.42. The average Bonchev–Trinajstić information content (AvgIpc) is 2.91. The molecule has 2 aromatic carbocycles. The number of thioether (sulfide) groups is 1. The Morgan fingerprint density at radius 1 is 1.22 bits per heavy atom. The summed E-state index contributed by atoms with van der Waals surface area (Å²) in [5.74, 6) is 0.771. The van der Waals surface area contributed by atoms with E-state index < -0.39 is 18.6 Å². The molecule has 0 bridgehead atoms. The van der Waals surface area contributed by atoms with Crippen LogP contribution in [0.3, 0.4) is 0 Å². The molecule has 5 rings (SSSR count). The van der Waals surface area contributed by atoms with Gasteiger partial charge in [-0.3, -0.25) is 0 Å². The number of aromatic nitrogens is 2. The van der Waals surface area contributed by atoms with E-state index in [2.05, 4.69) is 15.9 Å². The van der Waals surface area contributed by atoms with Crippen LogP contribution in [0.5, 0.6) is 0 Å². The number of hydrogen-bond acceptors (Lipinski definition) is 7. The molecule has 8 nitrogen and oxygen atoms in total. The second-order valence-corrected chi connectivity index (χ2v) is 9.90. The van der Waals surface area contributed by atoms with Gasteiger partial charge in [0.05, 0.1) is 30.8 Å². The molecule has 0 aliphatic carbocycles. The number of alkyl halides is 2. The Balaban J connectivity index is 1.50. The van der Waals surface area contributed by atoms with Crippen molar-refractivity contribution in [2.75, 3.05) is 42.2 Å². The normalized spacial score (nSPS) is 17.7. The van der Waals surface area contributed by atoms with E-state index in [-0.39, 0.29) is 18.5 Å². The molecule has 37 heavy (non-hydrogen) atoms. The van der Waals surface area contributed by atoms with Gasteiger partial charge in [0.2, 0.25) is 0 Å². The highest BCUT2D eigenvalue weighted by Crippen LogP contribution is 2.37. The van der Waals surface area contributed by atoms with Crippen molar-refractivity contribution in [1.29, 1.82) is 5.26 Å². The molecule has 2 aliphatic rings. The third-order valence-electron chi connectivity index (χ3n) is 7.02. The highest BCUT2D eigenvalue weighted by atomic mass is 32.2. The largest absolute Gasteiger partial charge is 0.465 e. The summed E-state index contributed by atoms with van der Waals surface area (Å²) in [6.45, 7) is 2.19. The van der Waals surface area contributed by atoms with Crippen molar-refractivity contribution in [1.82, 2.24) is 14.9 Å². The number of fused-ring (bicyclic) bond motifs is 2. The van der Waals surface area contributed by atoms with E-state index in [1.165, 1.54) is 16.7 Å². The highest BCUT2D eigenvalue weighted by Gasteiger charge is 2.33. The fourth-order valence-corrected chi connectivity index (χ4v) is 5.61. The van der Waals surface area contributed by atoms with Crippen molar-refractivity contribution < 1.29 is 18.7 Å². The summed E-state index contributed by atoms with van der Waals surface area (Å²) in [5, 5.41) is 21.1. The summed E-state index contributed by atoms with van der Waals surface area (Å²) in [4.78, 5) is 26.7. The molecule has 1 fully saturated rings. The number of piperazine rings is 1. The number of benzene rings is 2. The van der Waals surface area contributed by atoms with Gasteiger partial charge in [-0.25, -0.2) is 23.5 Å². The van der Waals surface area contributed by atoms with E-state index in [4.69, 9.17) is 9.97 Å². The number of nitriles is 1. The second-order valence-electron chi connectivity index (χ2n) is 9.13. The molecule has 1 N–H and O–H groups in total. The first-order valence-corrected chi connectivity index (χ1v) is 13.2. The fourth-order valence-electron chi connectivity index (χ4n) is 5.23. The Labute approximate surface area is 217 Å². The highest BCUT2D eigenvalue weighted by molar-refractivity contribution is 7.98. The number of rotatable bonds is 5. The molecule has 0 radical (unpaired) electrons. The van der Waals surface area contributed by atoms with Gasteiger partial charge in [0.25, 0.3) is 6.43 Å². The molecule has 1 saturated heterocycles. The van der Waals surface area contributed by atoms with Gasteiger partial charge in [-0.05, 0) is 30.2 Å². The zero-order valence-corrected chi connectivity index (χ0v) is 21.1. The molecular weight excluding hydrogens is 498 g/mol. The van der Waals surface area contributed by atoms with Crippen molar-refractivity contribution >= 4 is 40.1 Å². The van der Waals surface area contributed by atoms with Crippen LogP contribution in [0.4, 0.5) is 25.1 Å². The summed E-state index contributed by atoms with van der Waals surface area (Å²) in [7, 11) is 0. The van der Waals surface area contributed by atoms with Crippen LogP contribution in [0.15, 0.2) is 41.6 Å². The van der Waals surface area contributed by atoms with E-state index in [0.717, 1.165) is 33.5 Å². The zero-order valence-electron chi connectivity index (χ0n) is 20.3. The van der Waals surface area contributed by atoms with Crippen molar-refractivity contribution in [3.8, 4) is 6.07 Å². The minimum atomic E-state index is -2.57. The Bertz CT molecular complexity index is 1380. The van der Waals surface area contributed by atoms with Gasteiger partial charge in [0, 0.05) is 48.4 Å². The lowest BCUT2D eigenvalue weighted by molar-refractivity contribution is 0.119. The lowest BCUT2D eigenvalue weighted by atomic mass is 10.00. The maximum absolute atomic E-state index is 13.7. The minimum absolute atomic E-state index is 0.00693. The quantitative estimate of drug-likeness (QED) is 0.371. The zero-order chi connectivity index (χ0) is 26.1. The average molecular weight is 525 g/mol. The molecule has 11 heteroatoms. The molecule has 2 aliphatic heterocycles. The first kappa shape index (κ1) is 25.0. The molecule has 3 aromatic rings. The van der Waals surface area contributed by atoms with Crippen LogP contribution in [0.25, 0.3) is 10.8 Å². The molecule has 0 spiro atoms. The summed E-state index contributed by atoms with van der Waals surface area (Å²) in [5.41, 5.74) is 2.58. The van der Waals surface area contributed by atoms with Gasteiger partial charge in [-0.1, -0.05) is 36.0 Å². The topological polar surface area (TPSA) is 96.6 Å². The lowest BCUT2D eigenvalue weighted by Gasteiger charge is -2.41. The van der Waals surface area contributed by atoms with Gasteiger partial charge < -0.3 is 19.8 Å². The molecule has 1 atom stereocenters. The van der Waals surface area contributed by atoms with Crippen LogP contribution < -0.4 is 9.80 Å². The Kier molecular flexibility index (Phi) is 7.02. The van der Waals surface area contributed by atoms with E-state index in [0.29, 0.717) is 37.8 Å². The molecule has 0 saturated carbocycles. The Morgan fingerprint density at radius 3 is 2.76 bits per heavy atom. The SMILES string of the molecule is CSc1nc2c(c(N3CCN(C(=O)O)C(CC#N)C3)n1)CCN(c1cc(C(F)F)cc3ccccc13)C2. The second kappa shape index (κ2) is 10.4. The third-order valence-corrected chi connectivity index (χ3v) is 7.56. The summed E-state index contributed by atoms with van der Waals surface area (Å²) in [6.07, 6.45) is -0.972. The first-order chi connectivity index (χ1) is 17.9. The van der Waals surface area contributed by atoms with Crippen LogP contribution in [0.1, 0.15) is 29.7 Å². The van der Waals surface area contributed by atoms with Gasteiger partial charge >= 0.3 is 6.09 Å². The van der Waals surface area contributed by atoms with Gasteiger partial charge in [-0.15, -0.1) is 0 Å². The van der Waals surface area contributed by atoms with Crippen LogP contribution in [-0.2, 0) is 13.0 Å². The maximum Gasteiger partial charge on any atom is 0.407 e. The predicted octanol–water partition coefficient (Wildman–Crippen LogP) is 4.93. The maximum atomic E-state index is 13.7. The van der Waals surface area contributed by atoms with E-state index in [9.17, 15) is 23.9 Å². The lowest BCUT2D eigenvalue weighted by Crippen LogP contribution is -2.55. The van der Waals surface area contributed by atoms with E-state index in [1.54, 1.807) is 12.1 Å². The number of nitrogens with zero attached hydrogens (tertiary/aromatic N) is 6. The number of hydrogen-bond donors (Lipinski definition) is 1. The van der Waals surface area contributed by atoms with Crippen molar-refractivity contribution in [3.05, 3.63) is 53.2 Å². The van der Waals surface area contributed by atoms with Crippen LogP contribution in [-0.4, -0.2) is 64.5 Å². The van der Waals surface area contributed by atoms with Crippen molar-refractivity contribution in [2.24, 2.45) is 0 Å². The number of halogens is 2. The van der Waals surface area contributed by atoms with Gasteiger partial charge in [0.1, 0.15) is 5.82 Å². The standard InChI is InChI=1S/C26H26F2N6O2S/c1-37-25-30-21-15-32(22-13-17(23(27)28)12-16-4-2-3-5-19(16)22)9-7-20(21)24(31-25)33-10-11-34(26(35)36)18(14-33)6-8-29/h2-5,12-13,18,23H,6-7,9-11,14-15H2,1H3,(H,35,36). The number of amides is 1. The molecule has 1 aromatic heterocycles. The Hall–Kier alpha value is -3.65. The summed E-state index contributed by atoms with van der Waals surface area (Å²) in [6, 6.07) is 12.3. The van der Waals surface area contributed by atoms with Crippen LogP contribution in [0.2, 0.25) is 0 Å². The van der Waals surface area contributed by atoms with E-state index in [1.807, 2.05) is 30.5 Å². The molecule has 192 valence electrons. The van der Waals surface area contributed by atoms with Gasteiger partial charge in [0.15, 0.2) is 5.16 Å². The van der Waals surface area contributed by atoms with Gasteiger partial charge in [-0.2, -0.15) is 5.26 Å². The van der Waals surface area contributed by atoms with Crippen molar-refractivity contribution in [2.45, 2.75) is 37.0 Å². The Morgan fingerprint density at radius 2 is 2.03 bits per heavy atom. The summed E-state index contributed by atoms with van der Waals surface area (Å²) < 4.78 is 27.4. The third kappa shape index (κ3) is 4.85. The number of carboxylic acid groups (broad SMARTS) is 1. The smallest absolute Gasteiger partial charge is 0.407 e. The number of carbonyl (C=O) groups is 1. The monoisotopic (exact) mass is 524 g/mol. The molecular formula is C26H26F2N6O2S. The molecule has 1 unspecified atom stereocenters. The van der Waals surface area contributed by atoms with E-state index >= 15 is 0 Å². The molecule has 1 amide bonds. The molecule has 3 heterocycles. The van der Waals surface area contributed by atoms with Crippen LogP contribution >= 0.6 is 11.8 Å². The van der Waals surface area contributed by atoms with Crippen LogP contribution in [0, 0.1) is 11.3 Å². The predicted molar refractivity (Wildman–Crippen MR) is 138 cm³/mol.